The van der Waals surface area contributed by atoms with Crippen molar-refractivity contribution in [3.05, 3.63) is 11.4 Å². The van der Waals surface area contributed by atoms with Gasteiger partial charge in [0.25, 0.3) is 0 Å². The second kappa shape index (κ2) is 5.68. The molecule has 0 aliphatic carbocycles. The quantitative estimate of drug-likeness (QED) is 0.680. The van der Waals surface area contributed by atoms with Crippen LogP contribution in [0.25, 0.3) is 10.2 Å². The summed E-state index contributed by atoms with van der Waals surface area (Å²) in [6.07, 6.45) is 1.13. The molecule has 7 nitrogen and oxygen atoms in total. The van der Waals surface area contributed by atoms with Gasteiger partial charge in [-0.3, -0.25) is 0 Å². The van der Waals surface area contributed by atoms with Crippen molar-refractivity contribution < 1.29 is 8.42 Å². The highest BCUT2D eigenvalue weighted by Crippen LogP contribution is 2.25. The zero-order valence-electron chi connectivity index (χ0n) is 10.6. The Hall–Kier alpha value is -1.45. The Kier molecular flexibility index (Phi) is 4.17. The lowest BCUT2D eigenvalue weighted by atomic mass is 10.4. The monoisotopic (exact) mass is 301 g/mol. The van der Waals surface area contributed by atoms with E-state index < -0.39 is 10.0 Å². The fourth-order valence-electron chi connectivity index (χ4n) is 1.52. The van der Waals surface area contributed by atoms with Gasteiger partial charge in [-0.1, -0.05) is 0 Å². The third-order valence-corrected chi connectivity index (χ3v) is 3.87. The van der Waals surface area contributed by atoms with Gasteiger partial charge in [0.2, 0.25) is 16.0 Å². The van der Waals surface area contributed by atoms with Crippen molar-refractivity contribution >= 4 is 43.3 Å². The van der Waals surface area contributed by atoms with Crippen molar-refractivity contribution in [1.82, 2.24) is 14.7 Å². The van der Waals surface area contributed by atoms with E-state index in [9.17, 15) is 8.42 Å². The lowest BCUT2D eigenvalue weighted by Crippen LogP contribution is -2.27. The molecular weight excluding hydrogens is 286 g/mol. The summed E-state index contributed by atoms with van der Waals surface area (Å²) in [5.74, 6) is 1.24. The van der Waals surface area contributed by atoms with Gasteiger partial charge in [-0.15, -0.1) is 11.3 Å². The fourth-order valence-corrected chi connectivity index (χ4v) is 2.76. The van der Waals surface area contributed by atoms with Crippen LogP contribution < -0.4 is 15.4 Å². The maximum atomic E-state index is 10.9. The molecule has 9 heteroatoms. The van der Waals surface area contributed by atoms with E-state index in [-0.39, 0.29) is 0 Å². The van der Waals surface area contributed by atoms with Crippen molar-refractivity contribution in [2.75, 3.05) is 37.0 Å². The Morgan fingerprint density at radius 1 is 1.32 bits per heavy atom. The summed E-state index contributed by atoms with van der Waals surface area (Å²) < 4.78 is 24.3. The van der Waals surface area contributed by atoms with Gasteiger partial charge in [-0.2, -0.15) is 4.98 Å². The molecule has 104 valence electrons. The first-order chi connectivity index (χ1) is 8.99. The number of aromatic nitrogens is 2. The van der Waals surface area contributed by atoms with Gasteiger partial charge in [0.05, 0.1) is 11.6 Å². The number of nitrogens with one attached hydrogen (secondary N) is 3. The first-order valence-corrected chi connectivity index (χ1v) is 8.38. The molecular formula is C10H15N5O2S2. The van der Waals surface area contributed by atoms with Crippen LogP contribution in [-0.2, 0) is 10.0 Å². The lowest BCUT2D eigenvalue weighted by molar-refractivity contribution is 0.589. The average Bonchev–Trinajstić information content (AvgIpc) is 2.81. The minimum absolute atomic E-state index is 0.309. The predicted octanol–water partition coefficient (Wildman–Crippen LogP) is 0.694. The van der Waals surface area contributed by atoms with Gasteiger partial charge in [0.15, 0.2) is 0 Å². The van der Waals surface area contributed by atoms with E-state index in [1.165, 1.54) is 11.3 Å². The van der Waals surface area contributed by atoms with Crippen LogP contribution in [0.2, 0.25) is 0 Å². The molecule has 0 radical (unpaired) electrons. The Morgan fingerprint density at radius 2 is 2.11 bits per heavy atom. The van der Waals surface area contributed by atoms with Crippen LogP contribution >= 0.6 is 11.3 Å². The van der Waals surface area contributed by atoms with Crippen LogP contribution in [0.5, 0.6) is 0 Å². The molecule has 0 spiro atoms. The zero-order valence-corrected chi connectivity index (χ0v) is 12.2. The van der Waals surface area contributed by atoms with Crippen LogP contribution in [-0.4, -0.2) is 44.8 Å². The van der Waals surface area contributed by atoms with Crippen molar-refractivity contribution in [2.45, 2.75) is 0 Å². The van der Waals surface area contributed by atoms with Gasteiger partial charge < -0.3 is 10.6 Å². The minimum Gasteiger partial charge on any atom is -0.368 e. The Morgan fingerprint density at radius 3 is 2.79 bits per heavy atom. The smallest absolute Gasteiger partial charge is 0.225 e. The molecule has 19 heavy (non-hydrogen) atoms. The number of rotatable bonds is 6. The molecule has 0 aliphatic heterocycles. The molecule has 2 aromatic heterocycles. The van der Waals surface area contributed by atoms with E-state index in [1.807, 2.05) is 11.4 Å². The van der Waals surface area contributed by atoms with E-state index >= 15 is 0 Å². The van der Waals surface area contributed by atoms with E-state index in [2.05, 4.69) is 25.3 Å². The number of thiophene rings is 1. The van der Waals surface area contributed by atoms with Gasteiger partial charge >= 0.3 is 0 Å². The molecule has 0 aliphatic rings. The first-order valence-electron chi connectivity index (χ1n) is 5.61. The number of nitrogens with zero attached hydrogens (tertiary/aromatic N) is 2. The van der Waals surface area contributed by atoms with Crippen molar-refractivity contribution in [1.29, 1.82) is 0 Å². The summed E-state index contributed by atoms with van der Waals surface area (Å²) >= 11 is 1.53. The largest absolute Gasteiger partial charge is 0.368 e. The standard InChI is InChI=1S/C10H15N5O2S2/c1-11-10-14-8(7-3-6-18-9(7)15-10)12-4-5-13-19(2,16)17/h3,6,13H,4-5H2,1-2H3,(H2,11,12,14,15). The number of hydrogen-bond donors (Lipinski definition) is 3. The van der Waals surface area contributed by atoms with E-state index in [0.717, 1.165) is 16.5 Å². The Balaban J connectivity index is 2.09. The van der Waals surface area contributed by atoms with Crippen LogP contribution in [0.3, 0.4) is 0 Å². The van der Waals surface area contributed by atoms with Gasteiger partial charge in [0, 0.05) is 20.1 Å². The van der Waals surface area contributed by atoms with E-state index in [4.69, 9.17) is 0 Å². The summed E-state index contributed by atoms with van der Waals surface area (Å²) in [5.41, 5.74) is 0. The predicted molar refractivity (Wildman–Crippen MR) is 78.3 cm³/mol. The molecule has 0 amide bonds. The normalized spacial score (nSPS) is 11.7. The highest BCUT2D eigenvalue weighted by atomic mass is 32.2. The average molecular weight is 301 g/mol. The van der Waals surface area contributed by atoms with Crippen molar-refractivity contribution in [2.24, 2.45) is 0 Å². The molecule has 0 bridgehead atoms. The molecule has 0 aromatic carbocycles. The molecule has 2 aromatic rings. The number of fused-ring (bicyclic) bond motifs is 1. The van der Waals surface area contributed by atoms with Crippen LogP contribution in [0, 0.1) is 0 Å². The Labute approximate surface area is 115 Å². The van der Waals surface area contributed by atoms with Crippen LogP contribution in [0.1, 0.15) is 0 Å². The lowest BCUT2D eigenvalue weighted by Gasteiger charge is -2.08. The third-order valence-electron chi connectivity index (χ3n) is 2.33. The third kappa shape index (κ3) is 3.75. The maximum absolute atomic E-state index is 10.9. The minimum atomic E-state index is -3.16. The van der Waals surface area contributed by atoms with Gasteiger partial charge in [-0.25, -0.2) is 18.1 Å². The molecule has 0 saturated heterocycles. The Bertz CT molecular complexity index is 668. The summed E-state index contributed by atoms with van der Waals surface area (Å²) in [5, 5.41) is 8.88. The zero-order chi connectivity index (χ0) is 13.9. The second-order valence-electron chi connectivity index (χ2n) is 3.88. The number of hydrogen-bond acceptors (Lipinski definition) is 7. The summed E-state index contributed by atoms with van der Waals surface area (Å²) in [4.78, 5) is 9.54. The highest BCUT2D eigenvalue weighted by Gasteiger charge is 2.08. The number of anilines is 2. The summed E-state index contributed by atoms with van der Waals surface area (Å²) in [6, 6.07) is 1.94. The maximum Gasteiger partial charge on any atom is 0.225 e. The van der Waals surface area contributed by atoms with Gasteiger partial charge in [0.1, 0.15) is 10.6 Å². The summed E-state index contributed by atoms with van der Waals surface area (Å²) in [7, 11) is -1.40. The van der Waals surface area contributed by atoms with Crippen LogP contribution in [0.4, 0.5) is 11.8 Å². The first kappa shape index (κ1) is 14.0. The fraction of sp³-hybridized carbons (Fsp3) is 0.400. The molecule has 0 atom stereocenters. The van der Waals surface area contributed by atoms with Crippen LogP contribution in [0.15, 0.2) is 11.4 Å². The molecule has 0 unspecified atom stereocenters. The second-order valence-corrected chi connectivity index (χ2v) is 6.61. The molecule has 2 heterocycles. The van der Waals surface area contributed by atoms with Gasteiger partial charge in [-0.05, 0) is 11.4 Å². The SMILES string of the molecule is CNc1nc(NCCNS(C)(=O)=O)c2ccsc2n1. The molecule has 2 rings (SSSR count). The number of sulfonamides is 1. The van der Waals surface area contributed by atoms with Crippen molar-refractivity contribution in [3.63, 3.8) is 0 Å². The van der Waals surface area contributed by atoms with E-state index in [1.54, 1.807) is 7.05 Å². The molecule has 0 saturated carbocycles. The highest BCUT2D eigenvalue weighted by molar-refractivity contribution is 7.88. The van der Waals surface area contributed by atoms with E-state index in [0.29, 0.717) is 24.9 Å². The topological polar surface area (TPSA) is 96.0 Å². The molecule has 0 fully saturated rings. The molecule has 3 N–H and O–H groups in total. The summed E-state index contributed by atoms with van der Waals surface area (Å²) in [6.45, 7) is 0.765. The van der Waals surface area contributed by atoms with Crippen molar-refractivity contribution in [3.8, 4) is 0 Å².